The second-order valence-electron chi connectivity index (χ2n) is 12.9. The number of benzene rings is 2. The van der Waals surface area contributed by atoms with Crippen LogP contribution >= 0.6 is 0 Å². The normalized spacial score (nSPS) is 19.7. The third kappa shape index (κ3) is 5.15. The summed E-state index contributed by atoms with van der Waals surface area (Å²) < 4.78 is 44.9. The molecule has 5 heterocycles. The Bertz CT molecular complexity index is 2090. The monoisotopic (exact) mass is 652 g/mol. The van der Waals surface area contributed by atoms with Gasteiger partial charge in [0.15, 0.2) is 17.3 Å². The first-order valence-corrected chi connectivity index (χ1v) is 17.9. The number of hydrogen-bond donors (Lipinski definition) is 2. The maximum atomic E-state index is 16.4. The first kappa shape index (κ1) is 30.0. The molecule has 0 radical (unpaired) electrons. The quantitative estimate of drug-likeness (QED) is 0.255. The number of aromatic nitrogens is 4. The van der Waals surface area contributed by atoms with E-state index < -0.39 is 10.0 Å². The molecule has 47 heavy (non-hydrogen) atoms. The number of nitrogens with two attached hydrogens (primary N) is 2. The lowest BCUT2D eigenvalue weighted by atomic mass is 9.73. The van der Waals surface area contributed by atoms with E-state index in [0.29, 0.717) is 84.2 Å². The van der Waals surface area contributed by atoms with Crippen molar-refractivity contribution in [2.24, 2.45) is 5.73 Å². The zero-order valence-corrected chi connectivity index (χ0v) is 26.8. The minimum absolute atomic E-state index is 0.0319. The lowest BCUT2D eigenvalue weighted by Crippen LogP contribution is -2.45. The Morgan fingerprint density at radius 1 is 0.872 bits per heavy atom. The Hall–Kier alpha value is -4.39. The van der Waals surface area contributed by atoms with Crippen molar-refractivity contribution >= 4 is 32.7 Å². The molecule has 3 fully saturated rings. The number of nitrogen functional groups attached to an aromatic ring is 1. The van der Waals surface area contributed by atoms with Crippen molar-refractivity contribution in [3.8, 4) is 28.3 Å². The van der Waals surface area contributed by atoms with Crippen LogP contribution in [0.2, 0.25) is 0 Å². The highest BCUT2D eigenvalue weighted by Gasteiger charge is 2.37. The summed E-state index contributed by atoms with van der Waals surface area (Å²) in [5, 5.41) is 0. The van der Waals surface area contributed by atoms with Crippen molar-refractivity contribution in [2.75, 3.05) is 36.0 Å². The third-order valence-corrected chi connectivity index (χ3v) is 12.1. The Morgan fingerprint density at radius 3 is 2.32 bits per heavy atom. The molecule has 2 saturated heterocycles. The molecule has 2 aliphatic heterocycles. The molecule has 5 aromatic rings. The highest BCUT2D eigenvalue weighted by atomic mass is 32.2. The second kappa shape index (κ2) is 11.4. The van der Waals surface area contributed by atoms with Gasteiger partial charge in [-0.15, -0.1) is 0 Å². The molecule has 1 aliphatic carbocycles. The van der Waals surface area contributed by atoms with Gasteiger partial charge in [0, 0.05) is 48.7 Å². The van der Waals surface area contributed by atoms with Crippen molar-refractivity contribution < 1.29 is 12.8 Å². The van der Waals surface area contributed by atoms with E-state index in [1.165, 1.54) is 0 Å². The molecule has 1 saturated carbocycles. The van der Waals surface area contributed by atoms with Crippen LogP contribution in [0, 0.1) is 5.82 Å². The van der Waals surface area contributed by atoms with E-state index in [4.69, 9.17) is 21.4 Å². The van der Waals surface area contributed by atoms with Crippen LogP contribution in [-0.4, -0.2) is 63.7 Å². The lowest BCUT2D eigenvalue weighted by Gasteiger charge is -2.38. The van der Waals surface area contributed by atoms with Gasteiger partial charge in [0.1, 0.15) is 11.3 Å². The number of nitrogens with zero attached hydrogens (tertiary/aromatic N) is 6. The van der Waals surface area contributed by atoms with Gasteiger partial charge < -0.3 is 16.4 Å². The van der Waals surface area contributed by atoms with Crippen molar-refractivity contribution in [3.05, 3.63) is 84.3 Å². The molecule has 3 aliphatic rings. The van der Waals surface area contributed by atoms with E-state index in [9.17, 15) is 8.42 Å². The van der Waals surface area contributed by atoms with E-state index >= 15 is 4.39 Å². The number of piperidine rings is 1. The van der Waals surface area contributed by atoms with Gasteiger partial charge in [0.05, 0.1) is 22.7 Å². The van der Waals surface area contributed by atoms with Crippen LogP contribution in [0.4, 0.5) is 15.9 Å². The molecule has 0 atom stereocenters. The number of rotatable bonds is 6. The standard InChI is InChI=1S/C35H37FN8O2S/c36-31-26(5-1-7-30(31)42-20-14-24(15-21-42)43-19-4-22-47(43,45)46)28-12-13-29-34(40-28)44(33(41-29)27-6-2-18-39-32(27)37)25-10-8-23(9-11-25)35(38)16-3-17-35/h1-2,5-13,18,24H,3-4,14-17,19-22,38H2,(H2,37,39). The lowest BCUT2D eigenvalue weighted by molar-refractivity contribution is 0.253. The zero-order valence-electron chi connectivity index (χ0n) is 26.0. The molecule has 242 valence electrons. The van der Waals surface area contributed by atoms with Crippen LogP contribution in [0.25, 0.3) is 39.5 Å². The summed E-state index contributed by atoms with van der Waals surface area (Å²) in [6, 6.07) is 20.8. The van der Waals surface area contributed by atoms with E-state index in [1.54, 1.807) is 28.7 Å². The molecule has 0 spiro atoms. The smallest absolute Gasteiger partial charge is 0.214 e. The first-order valence-electron chi connectivity index (χ1n) is 16.3. The first-order chi connectivity index (χ1) is 22.7. The maximum absolute atomic E-state index is 16.4. The Morgan fingerprint density at radius 2 is 1.64 bits per heavy atom. The number of fused-ring (bicyclic) bond motifs is 1. The SMILES string of the molecule is Nc1ncccc1-c1nc2ccc(-c3cccc(N4CCC(N5CCCS5(=O)=O)CC4)c3F)nc2n1-c1ccc(C2(N)CCC2)cc1. The number of halogens is 1. The molecule has 4 N–H and O–H groups in total. The van der Waals surface area contributed by atoms with Crippen LogP contribution < -0.4 is 16.4 Å². The second-order valence-corrected chi connectivity index (χ2v) is 15.0. The van der Waals surface area contributed by atoms with Crippen LogP contribution in [-0.2, 0) is 15.6 Å². The fraction of sp³-hybridized carbons (Fsp3) is 0.343. The largest absolute Gasteiger partial charge is 0.383 e. The molecular formula is C35H37FN8O2S. The predicted molar refractivity (Wildman–Crippen MR) is 182 cm³/mol. The van der Waals surface area contributed by atoms with Gasteiger partial charge in [-0.2, -0.15) is 4.31 Å². The van der Waals surface area contributed by atoms with Gasteiger partial charge in [0.2, 0.25) is 10.0 Å². The summed E-state index contributed by atoms with van der Waals surface area (Å²) in [7, 11) is -3.18. The van der Waals surface area contributed by atoms with Crippen molar-refractivity contribution in [3.63, 3.8) is 0 Å². The highest BCUT2D eigenvalue weighted by Crippen LogP contribution is 2.40. The van der Waals surface area contributed by atoms with Gasteiger partial charge in [-0.1, -0.05) is 18.2 Å². The van der Waals surface area contributed by atoms with E-state index in [2.05, 4.69) is 17.1 Å². The van der Waals surface area contributed by atoms with Gasteiger partial charge >= 0.3 is 0 Å². The van der Waals surface area contributed by atoms with Crippen LogP contribution in [0.1, 0.15) is 44.1 Å². The number of pyridine rings is 2. The number of imidazole rings is 1. The molecule has 2 aromatic carbocycles. The molecule has 12 heteroatoms. The van der Waals surface area contributed by atoms with Crippen LogP contribution in [0.5, 0.6) is 0 Å². The number of hydrogen-bond acceptors (Lipinski definition) is 8. The minimum Gasteiger partial charge on any atom is -0.383 e. The fourth-order valence-corrected chi connectivity index (χ4v) is 9.15. The molecule has 10 nitrogen and oxygen atoms in total. The van der Waals surface area contributed by atoms with E-state index in [1.807, 2.05) is 45.9 Å². The van der Waals surface area contributed by atoms with Gasteiger partial charge in [-0.25, -0.2) is 27.8 Å². The minimum atomic E-state index is -3.18. The average molecular weight is 653 g/mol. The summed E-state index contributed by atoms with van der Waals surface area (Å²) in [6.07, 6.45) is 6.69. The van der Waals surface area contributed by atoms with Crippen molar-refractivity contribution in [2.45, 2.75) is 50.1 Å². The van der Waals surface area contributed by atoms with E-state index in [-0.39, 0.29) is 23.2 Å². The van der Waals surface area contributed by atoms with Crippen LogP contribution in [0.3, 0.4) is 0 Å². The predicted octanol–water partition coefficient (Wildman–Crippen LogP) is 5.21. The molecule has 8 rings (SSSR count). The van der Waals surface area contributed by atoms with Crippen molar-refractivity contribution in [1.29, 1.82) is 0 Å². The average Bonchev–Trinajstić information content (AvgIpc) is 3.63. The topological polar surface area (TPSA) is 136 Å². The fourth-order valence-electron chi connectivity index (χ4n) is 7.35. The summed E-state index contributed by atoms with van der Waals surface area (Å²) in [5.74, 6) is 0.802. The Kier molecular flexibility index (Phi) is 7.27. The summed E-state index contributed by atoms with van der Waals surface area (Å²) >= 11 is 0. The Balaban J connectivity index is 1.16. The molecule has 0 amide bonds. The molecule has 0 unspecified atom stereocenters. The van der Waals surface area contributed by atoms with E-state index in [0.717, 1.165) is 30.5 Å². The van der Waals surface area contributed by atoms with Gasteiger partial charge in [0.25, 0.3) is 0 Å². The van der Waals surface area contributed by atoms with Gasteiger partial charge in [-0.05, 0) is 92.6 Å². The van der Waals surface area contributed by atoms with Crippen molar-refractivity contribution in [1.82, 2.24) is 23.8 Å². The third-order valence-electron chi connectivity index (χ3n) is 10.1. The molecular weight excluding hydrogens is 616 g/mol. The maximum Gasteiger partial charge on any atom is 0.214 e. The highest BCUT2D eigenvalue weighted by molar-refractivity contribution is 7.89. The molecule has 0 bridgehead atoms. The summed E-state index contributed by atoms with van der Waals surface area (Å²) in [5.41, 5.74) is 17.8. The number of anilines is 2. The van der Waals surface area contributed by atoms with Gasteiger partial charge in [-0.3, -0.25) is 4.57 Å². The summed E-state index contributed by atoms with van der Waals surface area (Å²) in [6.45, 7) is 1.73. The van der Waals surface area contributed by atoms with Crippen LogP contribution in [0.15, 0.2) is 72.9 Å². The summed E-state index contributed by atoms with van der Waals surface area (Å²) in [4.78, 5) is 16.2. The number of sulfonamides is 1. The molecule has 3 aromatic heterocycles. The zero-order chi connectivity index (χ0) is 32.3. The Labute approximate surface area is 273 Å².